The first-order valence-electron chi connectivity index (χ1n) is 13.2. The molecule has 0 atom stereocenters. The zero-order chi connectivity index (χ0) is 27.0. The van der Waals surface area contributed by atoms with E-state index in [1.165, 1.54) is 12.0 Å². The van der Waals surface area contributed by atoms with E-state index in [9.17, 15) is 0 Å². The molecule has 0 aliphatic heterocycles. The highest BCUT2D eigenvalue weighted by atomic mass is 14.6. The maximum atomic E-state index is 3.78. The van der Waals surface area contributed by atoms with Gasteiger partial charge in [0, 0.05) is 12.4 Å². The van der Waals surface area contributed by atoms with Crippen LogP contribution >= 0.6 is 0 Å². The summed E-state index contributed by atoms with van der Waals surface area (Å²) >= 11 is 0. The monoisotopic (exact) mass is 457 g/mol. The molecule has 0 radical (unpaired) electrons. The fourth-order valence-corrected chi connectivity index (χ4v) is 1.41. The van der Waals surface area contributed by atoms with Gasteiger partial charge in [0.2, 0.25) is 0 Å². The van der Waals surface area contributed by atoms with E-state index in [-0.39, 0.29) is 0 Å². The van der Waals surface area contributed by atoms with Crippen LogP contribution in [0, 0.1) is 0 Å². The molecule has 0 N–H and O–H groups in total. The van der Waals surface area contributed by atoms with Crippen molar-refractivity contribution in [2.45, 2.75) is 103 Å². The van der Waals surface area contributed by atoms with E-state index in [1.807, 2.05) is 130 Å². The van der Waals surface area contributed by atoms with Gasteiger partial charge in [-0.05, 0) is 24.1 Å². The van der Waals surface area contributed by atoms with Crippen molar-refractivity contribution in [1.29, 1.82) is 0 Å². The molecule has 3 rings (SSSR count). The zero-order valence-corrected chi connectivity index (χ0v) is 24.6. The van der Waals surface area contributed by atoms with E-state index in [0.29, 0.717) is 0 Å². The third kappa shape index (κ3) is 58.7. The van der Waals surface area contributed by atoms with E-state index in [4.69, 9.17) is 0 Å². The average Bonchev–Trinajstić information content (AvgIpc) is 2.98. The lowest BCUT2D eigenvalue weighted by atomic mass is 10.2. The molecular formula is C32H59N. The zero-order valence-electron chi connectivity index (χ0n) is 24.6. The highest BCUT2D eigenvalue weighted by Crippen LogP contribution is 1.96. The summed E-state index contributed by atoms with van der Waals surface area (Å²) < 4.78 is 0. The molecule has 0 bridgehead atoms. The summed E-state index contributed by atoms with van der Waals surface area (Å²) in [7, 11) is 0. The number of hydrogen-bond acceptors (Lipinski definition) is 1. The summed E-state index contributed by atoms with van der Waals surface area (Å²) in [6.45, 7) is 26.4. The number of nitrogens with zero attached hydrogens (tertiary/aromatic N) is 1. The normalized spacial score (nSPS) is 6.58. The van der Waals surface area contributed by atoms with Gasteiger partial charge >= 0.3 is 0 Å². The molecule has 1 heteroatoms. The standard InChI is InChI=1S/C8H10.C6H6.C5H5N.C3H8.5C2H6/c1-2-8-6-4-3-5-7-8;2*1-2-4-6-5-3-1;1-3-2;5*1-2/h3-7H,2H2,1H3;1-6H;1-5H;3H2,1-2H3;5*1-2H3. The largest absolute Gasteiger partial charge is 0.265 e. The predicted octanol–water partition coefficient (Wildman–Crippen LogP) is 11.6. The summed E-state index contributed by atoms with van der Waals surface area (Å²) in [6.07, 6.45) is 5.89. The highest BCUT2D eigenvalue weighted by molar-refractivity contribution is 5.13. The van der Waals surface area contributed by atoms with Crippen molar-refractivity contribution < 1.29 is 0 Å². The van der Waals surface area contributed by atoms with E-state index >= 15 is 0 Å². The smallest absolute Gasteiger partial charge is 0.0267 e. The maximum absolute atomic E-state index is 3.78. The lowest BCUT2D eigenvalue weighted by Gasteiger charge is -1.89. The second kappa shape index (κ2) is 63.0. The van der Waals surface area contributed by atoms with Crippen molar-refractivity contribution in [3.8, 4) is 0 Å². The lowest BCUT2D eigenvalue weighted by Crippen LogP contribution is -1.73. The molecule has 33 heavy (non-hydrogen) atoms. The van der Waals surface area contributed by atoms with Crippen LogP contribution in [0.1, 0.15) is 102 Å². The number of aryl methyl sites for hydroxylation is 1. The van der Waals surface area contributed by atoms with Crippen molar-refractivity contribution in [3.63, 3.8) is 0 Å². The Balaban J connectivity index is -0.0000000670. The molecule has 0 saturated heterocycles. The number of hydrogen-bond donors (Lipinski definition) is 0. The molecule has 0 fully saturated rings. The van der Waals surface area contributed by atoms with Crippen molar-refractivity contribution in [2.24, 2.45) is 0 Å². The third-order valence-electron chi connectivity index (χ3n) is 2.48. The summed E-state index contributed by atoms with van der Waals surface area (Å²) in [5, 5.41) is 0. The molecule has 3 aromatic rings. The van der Waals surface area contributed by atoms with Crippen molar-refractivity contribution in [3.05, 3.63) is 103 Å². The molecule has 0 spiro atoms. The molecule has 1 heterocycles. The van der Waals surface area contributed by atoms with Crippen LogP contribution in [0.5, 0.6) is 0 Å². The molecule has 0 aliphatic rings. The fourth-order valence-electron chi connectivity index (χ4n) is 1.41. The van der Waals surface area contributed by atoms with Crippen molar-refractivity contribution in [2.75, 3.05) is 0 Å². The quantitative estimate of drug-likeness (QED) is 0.354. The number of aromatic nitrogens is 1. The minimum atomic E-state index is 1.14. The molecule has 0 saturated carbocycles. The fraction of sp³-hybridized carbons (Fsp3) is 0.469. The second-order valence-electron chi connectivity index (χ2n) is 4.73. The van der Waals surface area contributed by atoms with Gasteiger partial charge in [-0.25, -0.2) is 0 Å². The first-order valence-corrected chi connectivity index (χ1v) is 13.2. The van der Waals surface area contributed by atoms with Crippen LogP contribution < -0.4 is 0 Å². The van der Waals surface area contributed by atoms with Crippen LogP contribution in [0.2, 0.25) is 0 Å². The molecule has 0 amide bonds. The predicted molar refractivity (Wildman–Crippen MR) is 159 cm³/mol. The van der Waals surface area contributed by atoms with Gasteiger partial charge in [-0.2, -0.15) is 0 Å². The van der Waals surface area contributed by atoms with Gasteiger partial charge in [-0.15, -0.1) is 0 Å². The topological polar surface area (TPSA) is 12.9 Å². The van der Waals surface area contributed by atoms with Crippen LogP contribution in [0.25, 0.3) is 0 Å². The summed E-state index contributed by atoms with van der Waals surface area (Å²) in [5.41, 5.74) is 1.41. The summed E-state index contributed by atoms with van der Waals surface area (Å²) in [4.78, 5) is 3.78. The molecule has 1 nitrogen and oxygen atoms in total. The van der Waals surface area contributed by atoms with Gasteiger partial charge < -0.3 is 0 Å². The third-order valence-corrected chi connectivity index (χ3v) is 2.48. The van der Waals surface area contributed by atoms with E-state index in [2.05, 4.69) is 50.0 Å². The average molecular weight is 458 g/mol. The van der Waals surface area contributed by atoms with E-state index < -0.39 is 0 Å². The first kappa shape index (κ1) is 44.3. The maximum Gasteiger partial charge on any atom is 0.0267 e. The number of rotatable bonds is 1. The van der Waals surface area contributed by atoms with Gasteiger partial charge in [-0.3, -0.25) is 4.98 Å². The molecule has 0 unspecified atom stereocenters. The first-order chi connectivity index (χ1) is 16.3. The Morgan fingerprint density at radius 1 is 0.424 bits per heavy atom. The highest BCUT2D eigenvalue weighted by Gasteiger charge is 1.79. The van der Waals surface area contributed by atoms with Crippen LogP contribution in [0.3, 0.4) is 0 Å². The number of pyridine rings is 1. The van der Waals surface area contributed by atoms with Crippen LogP contribution in [-0.4, -0.2) is 4.98 Å². The van der Waals surface area contributed by atoms with Gasteiger partial charge in [0.15, 0.2) is 0 Å². The van der Waals surface area contributed by atoms with Crippen LogP contribution in [-0.2, 0) is 6.42 Å². The Labute approximate surface area is 210 Å². The van der Waals surface area contributed by atoms with Gasteiger partial charge in [0.05, 0.1) is 0 Å². The molecule has 1 aromatic heterocycles. The summed E-state index contributed by atoms with van der Waals surface area (Å²) in [6, 6.07) is 28.2. The minimum Gasteiger partial charge on any atom is -0.265 e. The minimum absolute atomic E-state index is 1.14. The van der Waals surface area contributed by atoms with E-state index in [1.54, 1.807) is 12.4 Å². The molecular weight excluding hydrogens is 398 g/mol. The van der Waals surface area contributed by atoms with Crippen molar-refractivity contribution >= 4 is 0 Å². The van der Waals surface area contributed by atoms with E-state index in [0.717, 1.165) is 6.42 Å². The second-order valence-corrected chi connectivity index (χ2v) is 4.73. The SMILES string of the molecule is CC.CC.CC.CC.CC.CCC.CCc1ccccc1.c1ccccc1.c1ccncc1. The van der Waals surface area contributed by atoms with Gasteiger partial charge in [0.1, 0.15) is 0 Å². The van der Waals surface area contributed by atoms with Gasteiger partial charge in [-0.1, -0.05) is 169 Å². The lowest BCUT2D eigenvalue weighted by molar-refractivity contribution is 1.09. The van der Waals surface area contributed by atoms with Crippen LogP contribution in [0.4, 0.5) is 0 Å². The Hall–Kier alpha value is -2.41. The Kier molecular flexibility index (Phi) is 84.6. The molecule has 0 aliphatic carbocycles. The molecule has 2 aromatic carbocycles. The Morgan fingerprint density at radius 3 is 0.818 bits per heavy atom. The number of benzene rings is 2. The van der Waals surface area contributed by atoms with Crippen LogP contribution in [0.15, 0.2) is 97.3 Å². The summed E-state index contributed by atoms with van der Waals surface area (Å²) in [5.74, 6) is 0. The van der Waals surface area contributed by atoms with Crippen molar-refractivity contribution in [1.82, 2.24) is 4.98 Å². The molecule has 192 valence electrons. The Morgan fingerprint density at radius 2 is 0.667 bits per heavy atom. The Bertz CT molecular complexity index is 436. The van der Waals surface area contributed by atoms with Gasteiger partial charge in [0.25, 0.3) is 0 Å².